The predicted octanol–water partition coefficient (Wildman–Crippen LogP) is 4.32. The van der Waals surface area contributed by atoms with E-state index in [0.717, 1.165) is 30.6 Å². The van der Waals surface area contributed by atoms with Crippen LogP contribution in [-0.4, -0.2) is 40.9 Å². The van der Waals surface area contributed by atoms with Gasteiger partial charge in [0.1, 0.15) is 17.5 Å². The first-order chi connectivity index (χ1) is 16.0. The molecule has 0 fully saturated rings. The first-order valence-electron chi connectivity index (χ1n) is 11.0. The van der Waals surface area contributed by atoms with Crippen LogP contribution in [0.3, 0.4) is 0 Å². The van der Waals surface area contributed by atoms with Gasteiger partial charge in [-0.3, -0.25) is 0 Å². The van der Waals surface area contributed by atoms with Crippen LogP contribution in [0.15, 0.2) is 42.5 Å². The first kappa shape index (κ1) is 21.6. The molecule has 8 heteroatoms. The number of hydrogen-bond donors (Lipinski definition) is 2. The summed E-state index contributed by atoms with van der Waals surface area (Å²) in [4.78, 5) is 0. The Morgan fingerprint density at radius 2 is 1.36 bits per heavy atom. The molecular weight excluding hydrogens is 427 g/mol. The Bertz CT molecular complexity index is 1250. The van der Waals surface area contributed by atoms with E-state index < -0.39 is 17.5 Å². The molecule has 0 bridgehead atoms. The fourth-order valence-corrected chi connectivity index (χ4v) is 4.45. The topological polar surface area (TPSA) is 54.8 Å². The van der Waals surface area contributed by atoms with E-state index in [0.29, 0.717) is 30.9 Å². The van der Waals surface area contributed by atoms with Gasteiger partial charge in [0, 0.05) is 31.3 Å². The molecule has 0 aliphatic carbocycles. The van der Waals surface area contributed by atoms with E-state index >= 15 is 4.39 Å². The zero-order chi connectivity index (χ0) is 22.9. The highest BCUT2D eigenvalue weighted by atomic mass is 19.1. The van der Waals surface area contributed by atoms with Crippen LogP contribution in [0.5, 0.6) is 0 Å². The molecule has 5 nitrogen and oxygen atoms in total. The van der Waals surface area contributed by atoms with Gasteiger partial charge in [0.05, 0.1) is 5.56 Å². The van der Waals surface area contributed by atoms with E-state index in [1.807, 2.05) is 6.07 Å². The van der Waals surface area contributed by atoms with Crippen molar-refractivity contribution in [2.45, 2.75) is 12.8 Å². The maximum absolute atomic E-state index is 15.0. The van der Waals surface area contributed by atoms with E-state index in [9.17, 15) is 8.78 Å². The number of nitrogens with one attached hydrogen (secondary N) is 2. The molecule has 3 heterocycles. The van der Waals surface area contributed by atoms with Crippen LogP contribution in [0.25, 0.3) is 33.9 Å². The summed E-state index contributed by atoms with van der Waals surface area (Å²) in [5.41, 5.74) is 3.13. The molecule has 5 rings (SSSR count). The van der Waals surface area contributed by atoms with Crippen molar-refractivity contribution in [1.29, 1.82) is 0 Å². The molecule has 0 radical (unpaired) electrons. The van der Waals surface area contributed by atoms with Crippen LogP contribution in [0.4, 0.5) is 13.2 Å². The lowest BCUT2D eigenvalue weighted by Gasteiger charge is -2.16. The van der Waals surface area contributed by atoms with Crippen LogP contribution in [0, 0.1) is 17.5 Å². The van der Waals surface area contributed by atoms with E-state index in [4.69, 9.17) is 0 Å². The zero-order valence-electron chi connectivity index (χ0n) is 18.3. The van der Waals surface area contributed by atoms with E-state index in [1.54, 1.807) is 23.8 Å². The maximum atomic E-state index is 15.0. The summed E-state index contributed by atoms with van der Waals surface area (Å²) in [7, 11) is 1.66. The molecule has 2 aromatic carbocycles. The summed E-state index contributed by atoms with van der Waals surface area (Å²) < 4.78 is 46.4. The summed E-state index contributed by atoms with van der Waals surface area (Å²) >= 11 is 0. The molecule has 0 spiro atoms. The summed E-state index contributed by atoms with van der Waals surface area (Å²) in [5, 5.41) is 14.6. The smallest absolute Gasteiger partial charge is 0.166 e. The van der Waals surface area contributed by atoms with Crippen LogP contribution < -0.4 is 10.6 Å². The van der Waals surface area contributed by atoms with Crippen LogP contribution in [0.2, 0.25) is 0 Å². The molecule has 2 aliphatic rings. The third-order valence-corrected chi connectivity index (χ3v) is 6.20. The molecule has 2 aliphatic heterocycles. The summed E-state index contributed by atoms with van der Waals surface area (Å²) in [6.07, 6.45) is 5.26. The Labute approximate surface area is 190 Å². The minimum absolute atomic E-state index is 0.00325. The molecule has 0 atom stereocenters. The molecule has 3 aromatic rings. The highest BCUT2D eigenvalue weighted by Gasteiger charge is 2.21. The average molecular weight is 451 g/mol. The van der Waals surface area contributed by atoms with Crippen molar-refractivity contribution in [1.82, 2.24) is 25.4 Å². The normalized spacial score (nSPS) is 16.5. The Morgan fingerprint density at radius 1 is 0.758 bits per heavy atom. The average Bonchev–Trinajstić information content (AvgIpc) is 3.21. The number of aromatic nitrogens is 3. The second kappa shape index (κ2) is 8.96. The van der Waals surface area contributed by atoms with Gasteiger partial charge in [-0.05, 0) is 66.9 Å². The minimum Gasteiger partial charge on any atom is -0.313 e. The lowest BCUT2D eigenvalue weighted by Crippen LogP contribution is -2.20. The standard InChI is InChI=1S/C25H24F3N5/c1-33-24(18-13-21(27)23(22(28)14-18)16-6-10-30-11-7-16)31-32-25(33)19-3-2-17(12-20(19)26)15-4-8-29-9-5-15/h2-4,6,12-14,29-30H,5,7-11H2,1H3. The van der Waals surface area contributed by atoms with Gasteiger partial charge in [-0.2, -0.15) is 0 Å². The molecular formula is C25H24F3N5. The zero-order valence-corrected chi connectivity index (χ0v) is 18.3. The van der Waals surface area contributed by atoms with E-state index in [2.05, 4.69) is 26.9 Å². The molecule has 170 valence electrons. The monoisotopic (exact) mass is 451 g/mol. The number of benzene rings is 2. The number of halogens is 3. The molecule has 2 N–H and O–H groups in total. The summed E-state index contributed by atoms with van der Waals surface area (Å²) in [6.45, 7) is 2.89. The van der Waals surface area contributed by atoms with E-state index in [-0.39, 0.29) is 22.5 Å². The van der Waals surface area contributed by atoms with E-state index in [1.165, 1.54) is 18.2 Å². The van der Waals surface area contributed by atoms with Crippen molar-refractivity contribution in [2.24, 2.45) is 7.05 Å². The second-order valence-corrected chi connectivity index (χ2v) is 8.28. The maximum Gasteiger partial charge on any atom is 0.166 e. The van der Waals surface area contributed by atoms with Crippen LogP contribution >= 0.6 is 0 Å². The third kappa shape index (κ3) is 4.12. The van der Waals surface area contributed by atoms with Crippen molar-refractivity contribution in [3.63, 3.8) is 0 Å². The molecule has 0 amide bonds. The molecule has 0 saturated heterocycles. The van der Waals surface area contributed by atoms with Gasteiger partial charge in [0.25, 0.3) is 0 Å². The Kier molecular flexibility index (Phi) is 5.86. The minimum atomic E-state index is -0.645. The summed E-state index contributed by atoms with van der Waals surface area (Å²) in [5.74, 6) is -1.15. The van der Waals surface area contributed by atoms with Crippen molar-refractivity contribution in [3.05, 3.63) is 71.1 Å². The summed E-state index contributed by atoms with van der Waals surface area (Å²) in [6, 6.07) is 7.57. The predicted molar refractivity (Wildman–Crippen MR) is 123 cm³/mol. The molecule has 1 aromatic heterocycles. The SMILES string of the molecule is Cn1c(-c2cc(F)c(C3=CCNCC3)c(F)c2)nnc1-c1ccc(C2=CCNCC2)cc1F. The number of hydrogen-bond acceptors (Lipinski definition) is 4. The lowest BCUT2D eigenvalue weighted by atomic mass is 9.97. The number of rotatable bonds is 4. The molecule has 0 unspecified atom stereocenters. The van der Waals surface area contributed by atoms with Gasteiger partial charge in [0.15, 0.2) is 11.6 Å². The highest BCUT2D eigenvalue weighted by Crippen LogP contribution is 2.32. The van der Waals surface area contributed by atoms with Gasteiger partial charge in [-0.15, -0.1) is 10.2 Å². The Balaban J connectivity index is 1.49. The van der Waals surface area contributed by atoms with Gasteiger partial charge in [0.2, 0.25) is 0 Å². The van der Waals surface area contributed by atoms with Crippen molar-refractivity contribution in [3.8, 4) is 22.8 Å². The third-order valence-electron chi connectivity index (χ3n) is 6.20. The fraction of sp³-hybridized carbons (Fsp3) is 0.280. The fourth-order valence-electron chi connectivity index (χ4n) is 4.45. The van der Waals surface area contributed by atoms with Crippen LogP contribution in [-0.2, 0) is 7.05 Å². The number of nitrogens with zero attached hydrogens (tertiary/aromatic N) is 3. The quantitative estimate of drug-likeness (QED) is 0.621. The van der Waals surface area contributed by atoms with Gasteiger partial charge >= 0.3 is 0 Å². The van der Waals surface area contributed by atoms with Crippen LogP contribution in [0.1, 0.15) is 24.0 Å². The van der Waals surface area contributed by atoms with Crippen molar-refractivity contribution in [2.75, 3.05) is 26.2 Å². The highest BCUT2D eigenvalue weighted by molar-refractivity contribution is 5.72. The Morgan fingerprint density at radius 3 is 1.97 bits per heavy atom. The molecule has 0 saturated carbocycles. The van der Waals surface area contributed by atoms with Gasteiger partial charge < -0.3 is 15.2 Å². The Hall–Kier alpha value is -3.23. The molecule has 33 heavy (non-hydrogen) atoms. The lowest BCUT2D eigenvalue weighted by molar-refractivity contribution is 0.574. The van der Waals surface area contributed by atoms with Crippen molar-refractivity contribution < 1.29 is 13.2 Å². The van der Waals surface area contributed by atoms with Gasteiger partial charge in [-0.1, -0.05) is 18.2 Å². The second-order valence-electron chi connectivity index (χ2n) is 8.28. The largest absolute Gasteiger partial charge is 0.313 e. The van der Waals surface area contributed by atoms with Crippen molar-refractivity contribution >= 4 is 11.1 Å². The van der Waals surface area contributed by atoms with Gasteiger partial charge in [-0.25, -0.2) is 13.2 Å². The first-order valence-corrected chi connectivity index (χ1v) is 11.0.